The van der Waals surface area contributed by atoms with E-state index in [1.165, 1.54) is 21.5 Å². The zero-order chi connectivity index (χ0) is 42.6. The van der Waals surface area contributed by atoms with Crippen molar-refractivity contribution in [3.63, 3.8) is 0 Å². The molecule has 1 aliphatic rings. The van der Waals surface area contributed by atoms with Gasteiger partial charge < -0.3 is 18.7 Å². The molecule has 6 nitrogen and oxygen atoms in total. The lowest BCUT2D eigenvalue weighted by molar-refractivity contribution is 0.668. The first kappa shape index (κ1) is 35.8. The predicted molar refractivity (Wildman–Crippen MR) is 268 cm³/mol. The van der Waals surface area contributed by atoms with Crippen LogP contribution in [0.25, 0.3) is 104 Å². The van der Waals surface area contributed by atoms with E-state index in [0.717, 1.165) is 105 Å². The highest BCUT2D eigenvalue weighted by molar-refractivity contribution is 6.22. The minimum absolute atomic E-state index is 0.398. The highest BCUT2D eigenvalue weighted by Crippen LogP contribution is 2.43. The van der Waals surface area contributed by atoms with Gasteiger partial charge in [0.05, 0.1) is 11.0 Å². The molecule has 1 N–H and O–H groups in total. The van der Waals surface area contributed by atoms with Gasteiger partial charge in [0.15, 0.2) is 5.84 Å². The molecule has 14 rings (SSSR count). The summed E-state index contributed by atoms with van der Waals surface area (Å²) in [5.41, 5.74) is 11.7. The summed E-state index contributed by atoms with van der Waals surface area (Å²) in [5.74, 6) is 1.37. The number of rotatable bonds is 5. The van der Waals surface area contributed by atoms with Crippen molar-refractivity contribution < 1.29 is 8.83 Å². The quantitative estimate of drug-likeness (QED) is 0.188. The van der Waals surface area contributed by atoms with Crippen LogP contribution in [0.4, 0.5) is 0 Å². The van der Waals surface area contributed by atoms with Crippen LogP contribution in [0.15, 0.2) is 225 Å². The van der Waals surface area contributed by atoms with Crippen LogP contribution in [-0.2, 0) is 0 Å². The summed E-state index contributed by atoms with van der Waals surface area (Å²) in [6.07, 6.45) is -0.398. The normalized spacial score (nSPS) is 14.3. The van der Waals surface area contributed by atoms with Gasteiger partial charge in [0.25, 0.3) is 0 Å². The van der Waals surface area contributed by atoms with Gasteiger partial charge in [-0.3, -0.25) is 0 Å². The average molecular weight is 833 g/mol. The van der Waals surface area contributed by atoms with E-state index in [1.807, 2.05) is 24.3 Å². The third kappa shape index (κ3) is 5.54. The predicted octanol–water partition coefficient (Wildman–Crippen LogP) is 15.1. The van der Waals surface area contributed by atoms with Crippen LogP contribution in [0.3, 0.4) is 0 Å². The number of nitrogens with one attached hydrogen (secondary N) is 1. The molecule has 0 saturated heterocycles. The van der Waals surface area contributed by atoms with Crippen LogP contribution >= 0.6 is 0 Å². The van der Waals surface area contributed by atoms with E-state index in [4.69, 9.17) is 18.8 Å². The molecule has 13 aromatic rings. The summed E-state index contributed by atoms with van der Waals surface area (Å²) in [5, 5.41) is 15.0. The molecule has 1 aliphatic heterocycles. The van der Waals surface area contributed by atoms with Gasteiger partial charge in [-0.2, -0.15) is 0 Å². The lowest BCUT2D eigenvalue weighted by Gasteiger charge is -2.25. The average Bonchev–Trinajstić information content (AvgIpc) is 4.05. The fourth-order valence-corrected chi connectivity index (χ4v) is 10.2. The number of amidine groups is 2. The molecule has 0 fully saturated rings. The molecule has 1 unspecified atom stereocenters. The van der Waals surface area contributed by atoms with Gasteiger partial charge in [-0.05, 0) is 106 Å². The van der Waals surface area contributed by atoms with Gasteiger partial charge in [0, 0.05) is 54.5 Å². The Morgan fingerprint density at radius 1 is 0.431 bits per heavy atom. The van der Waals surface area contributed by atoms with E-state index in [9.17, 15) is 0 Å². The van der Waals surface area contributed by atoms with Gasteiger partial charge in [0.2, 0.25) is 0 Å². The van der Waals surface area contributed by atoms with Gasteiger partial charge >= 0.3 is 0 Å². The van der Waals surface area contributed by atoms with Crippen LogP contribution in [0.1, 0.15) is 22.9 Å². The van der Waals surface area contributed by atoms with Crippen molar-refractivity contribution in [2.75, 3.05) is 0 Å². The maximum Gasteiger partial charge on any atom is 0.160 e. The van der Waals surface area contributed by atoms with E-state index in [2.05, 4.69) is 192 Å². The largest absolute Gasteiger partial charge is 0.456 e. The summed E-state index contributed by atoms with van der Waals surface area (Å²) in [6, 6.07) is 72.8. The molecule has 0 saturated carbocycles. The smallest absolute Gasteiger partial charge is 0.160 e. The molecule has 0 bridgehead atoms. The number of furan rings is 2. The first-order chi connectivity index (χ1) is 32.2. The van der Waals surface area contributed by atoms with Crippen molar-refractivity contribution in [3.05, 3.63) is 223 Å². The number of nitrogens with zero attached hydrogens (tertiary/aromatic N) is 3. The standard InChI is InChI=1S/C59H36N4O2/c1-2-14-36(15-3-1)57-60-58(39-26-30-53-49(32-39)43-20-9-11-23-52(43)64-53)62-59(61-57)45-29-27-40(63-50-22-10-8-19-42(50)48-31-37-16-4-5-17-38(37)33-51(48)63)34-47(45)44-21-12-24-54-55(44)46-28-25-35-13-6-7-18-41(35)56(46)65-54/h1-34,57H,(H,60,61,62). The van der Waals surface area contributed by atoms with Crippen LogP contribution in [0.5, 0.6) is 0 Å². The first-order valence-corrected chi connectivity index (χ1v) is 22.0. The molecule has 0 radical (unpaired) electrons. The SMILES string of the molecule is c1ccc(C2N=C(c3ccc(-n4c5ccccc5c5cc6ccccc6cc54)cc3-c3cccc4oc5c6ccccc6ccc5c34)N=C(c3ccc4oc5ccccc5c4c3)N2)cc1. The van der Waals surface area contributed by atoms with Crippen LogP contribution in [0, 0.1) is 0 Å². The Bertz CT molecular complexity index is 4170. The van der Waals surface area contributed by atoms with E-state index in [-0.39, 0.29) is 0 Å². The number of aromatic nitrogens is 1. The van der Waals surface area contributed by atoms with E-state index in [1.54, 1.807) is 0 Å². The Morgan fingerprint density at radius 2 is 1.17 bits per heavy atom. The van der Waals surface area contributed by atoms with Crippen molar-refractivity contribution >= 4 is 98.9 Å². The Hall–Kier alpha value is -8.74. The fourth-order valence-electron chi connectivity index (χ4n) is 10.2. The number of benzene rings is 10. The number of aliphatic imine (C=N–C) groups is 2. The Labute approximate surface area is 372 Å². The first-order valence-electron chi connectivity index (χ1n) is 22.0. The molecule has 4 heterocycles. The van der Waals surface area contributed by atoms with Gasteiger partial charge in [-0.15, -0.1) is 0 Å². The van der Waals surface area contributed by atoms with Crippen molar-refractivity contribution in [1.29, 1.82) is 0 Å². The molecule has 65 heavy (non-hydrogen) atoms. The molecular formula is C59H36N4O2. The monoisotopic (exact) mass is 832 g/mol. The maximum atomic E-state index is 6.80. The minimum atomic E-state index is -0.398. The third-order valence-electron chi connectivity index (χ3n) is 13.2. The Kier molecular flexibility index (Phi) is 7.65. The Morgan fingerprint density at radius 3 is 2.06 bits per heavy atom. The summed E-state index contributed by atoms with van der Waals surface area (Å²) in [4.78, 5) is 10.9. The number of hydrogen-bond donors (Lipinski definition) is 1. The topological polar surface area (TPSA) is 68.0 Å². The van der Waals surface area contributed by atoms with Crippen LogP contribution in [0.2, 0.25) is 0 Å². The molecular weight excluding hydrogens is 797 g/mol. The second-order valence-electron chi connectivity index (χ2n) is 16.9. The van der Waals surface area contributed by atoms with Crippen molar-refractivity contribution in [2.24, 2.45) is 9.98 Å². The maximum absolute atomic E-state index is 6.80. The molecule has 1 atom stereocenters. The van der Waals surface area contributed by atoms with Crippen molar-refractivity contribution in [3.8, 4) is 16.8 Å². The highest BCUT2D eigenvalue weighted by Gasteiger charge is 2.26. The van der Waals surface area contributed by atoms with Crippen molar-refractivity contribution in [2.45, 2.75) is 6.17 Å². The molecule has 0 spiro atoms. The fraction of sp³-hybridized carbons (Fsp3) is 0.0169. The molecule has 304 valence electrons. The lowest BCUT2D eigenvalue weighted by atomic mass is 9.93. The lowest BCUT2D eigenvalue weighted by Crippen LogP contribution is -2.33. The summed E-state index contributed by atoms with van der Waals surface area (Å²) < 4.78 is 15.5. The number of hydrogen-bond acceptors (Lipinski definition) is 5. The zero-order valence-corrected chi connectivity index (χ0v) is 34.9. The van der Waals surface area contributed by atoms with Gasteiger partial charge in [-0.25, -0.2) is 9.98 Å². The Balaban J connectivity index is 1.05. The zero-order valence-electron chi connectivity index (χ0n) is 34.9. The summed E-state index contributed by atoms with van der Waals surface area (Å²) in [6.45, 7) is 0. The molecule has 0 aliphatic carbocycles. The number of para-hydroxylation sites is 2. The van der Waals surface area contributed by atoms with E-state index >= 15 is 0 Å². The van der Waals surface area contributed by atoms with Gasteiger partial charge in [0.1, 0.15) is 34.3 Å². The van der Waals surface area contributed by atoms with Crippen LogP contribution in [-0.4, -0.2) is 16.2 Å². The van der Waals surface area contributed by atoms with Crippen LogP contribution < -0.4 is 5.32 Å². The summed E-state index contributed by atoms with van der Waals surface area (Å²) in [7, 11) is 0. The third-order valence-corrected chi connectivity index (χ3v) is 13.2. The summed E-state index contributed by atoms with van der Waals surface area (Å²) >= 11 is 0. The molecule has 0 amide bonds. The minimum Gasteiger partial charge on any atom is -0.456 e. The van der Waals surface area contributed by atoms with E-state index < -0.39 is 6.17 Å². The molecule has 3 aromatic heterocycles. The van der Waals surface area contributed by atoms with Crippen molar-refractivity contribution in [1.82, 2.24) is 9.88 Å². The highest BCUT2D eigenvalue weighted by atomic mass is 16.3. The number of fused-ring (bicyclic) bond motifs is 12. The second kappa shape index (κ2) is 13.9. The second-order valence-corrected chi connectivity index (χ2v) is 16.9. The molecule has 6 heteroatoms. The van der Waals surface area contributed by atoms with Gasteiger partial charge in [-0.1, -0.05) is 133 Å². The molecule has 10 aromatic carbocycles. The van der Waals surface area contributed by atoms with E-state index in [0.29, 0.717) is 5.84 Å².